The number of benzene rings is 4. The van der Waals surface area contributed by atoms with Crippen LogP contribution in [-0.4, -0.2) is 9.97 Å². The molecule has 0 radical (unpaired) electrons. The molecule has 0 N–H and O–H groups in total. The van der Waals surface area contributed by atoms with E-state index in [9.17, 15) is 0 Å². The van der Waals surface area contributed by atoms with Crippen molar-refractivity contribution in [2.75, 3.05) is 0 Å². The van der Waals surface area contributed by atoms with Crippen LogP contribution in [0.2, 0.25) is 0 Å². The van der Waals surface area contributed by atoms with Crippen LogP contribution in [0.4, 0.5) is 0 Å². The molecule has 0 atom stereocenters. The maximum atomic E-state index is 6.28. The van der Waals surface area contributed by atoms with E-state index in [4.69, 9.17) is 14.4 Å². The number of hydrogen-bond acceptors (Lipinski definition) is 3. The van der Waals surface area contributed by atoms with E-state index in [2.05, 4.69) is 67.6 Å². The van der Waals surface area contributed by atoms with Gasteiger partial charge in [-0.15, -0.1) is 0 Å². The van der Waals surface area contributed by atoms with E-state index < -0.39 is 0 Å². The molecule has 0 aliphatic rings. The van der Waals surface area contributed by atoms with Crippen LogP contribution in [0.5, 0.6) is 0 Å². The molecule has 0 saturated carbocycles. The molecule has 0 spiro atoms. The highest BCUT2D eigenvalue weighted by Gasteiger charge is 2.16. The van der Waals surface area contributed by atoms with Gasteiger partial charge in [-0.25, -0.2) is 9.97 Å². The first-order chi connectivity index (χ1) is 17.2. The minimum atomic E-state index is 0.762. The van der Waals surface area contributed by atoms with Crippen LogP contribution in [0.15, 0.2) is 102 Å². The van der Waals surface area contributed by atoms with Gasteiger partial charge in [0, 0.05) is 27.1 Å². The number of furan rings is 1. The zero-order valence-corrected chi connectivity index (χ0v) is 20.5. The summed E-state index contributed by atoms with van der Waals surface area (Å²) in [6, 6.07) is 27.1. The molecule has 2 aromatic heterocycles. The van der Waals surface area contributed by atoms with Crippen molar-refractivity contribution in [3.63, 3.8) is 0 Å². The number of nitrogens with zero attached hydrogens (tertiary/aromatic N) is 2. The SMILES string of the molecule is C/C=C(\C)c1nc(-c2cccc3c2ccc2c4ccccc4oc32)c2ccccc2n1.C/C=C\C. The molecule has 35 heavy (non-hydrogen) atoms. The molecule has 0 saturated heterocycles. The van der Waals surface area contributed by atoms with E-state index >= 15 is 0 Å². The van der Waals surface area contributed by atoms with Gasteiger partial charge in [-0.1, -0.05) is 78.9 Å². The fraction of sp³-hybridized carbons (Fsp3) is 0.125. The topological polar surface area (TPSA) is 38.9 Å². The third-order valence-corrected chi connectivity index (χ3v) is 6.38. The van der Waals surface area contributed by atoms with Crippen molar-refractivity contribution in [3.05, 3.63) is 103 Å². The minimum Gasteiger partial charge on any atom is -0.455 e. The molecular formula is C32H28N2O. The standard InChI is InChI=1S/C28H20N2O.C4H8/c1-3-17(2)28-29-24-13-6-4-10-23(24)26(30-28)20-11-8-12-21-18(20)15-16-22-19-9-5-7-14-25(19)31-27(21)22;1-3-4-2/h3-16H,1-2H3;3-4H,1-2H3/b17-3+;4-3-. The number of para-hydroxylation sites is 2. The lowest BCUT2D eigenvalue weighted by atomic mass is 9.97. The maximum Gasteiger partial charge on any atom is 0.155 e. The van der Waals surface area contributed by atoms with Gasteiger partial charge in [0.1, 0.15) is 11.2 Å². The highest BCUT2D eigenvalue weighted by Crippen LogP contribution is 2.38. The second-order valence-electron chi connectivity index (χ2n) is 8.49. The summed E-state index contributed by atoms with van der Waals surface area (Å²) in [5.41, 5.74) is 5.88. The van der Waals surface area contributed by atoms with Crippen LogP contribution < -0.4 is 0 Å². The Morgan fingerprint density at radius 1 is 0.657 bits per heavy atom. The molecule has 172 valence electrons. The smallest absolute Gasteiger partial charge is 0.155 e. The van der Waals surface area contributed by atoms with E-state index in [0.717, 1.165) is 66.3 Å². The summed E-state index contributed by atoms with van der Waals surface area (Å²) in [6.45, 7) is 8.07. The lowest BCUT2D eigenvalue weighted by Gasteiger charge is -2.12. The summed E-state index contributed by atoms with van der Waals surface area (Å²) in [7, 11) is 0. The van der Waals surface area contributed by atoms with E-state index in [1.54, 1.807) is 0 Å². The molecule has 3 heteroatoms. The number of fused-ring (bicyclic) bond motifs is 6. The third-order valence-electron chi connectivity index (χ3n) is 6.38. The highest BCUT2D eigenvalue weighted by molar-refractivity contribution is 6.18. The first kappa shape index (κ1) is 22.5. The predicted molar refractivity (Wildman–Crippen MR) is 150 cm³/mol. The Morgan fingerprint density at radius 2 is 1.31 bits per heavy atom. The zero-order chi connectivity index (χ0) is 24.4. The van der Waals surface area contributed by atoms with Gasteiger partial charge in [-0.05, 0) is 56.9 Å². The van der Waals surface area contributed by atoms with Crippen molar-refractivity contribution in [2.45, 2.75) is 27.7 Å². The molecule has 0 fully saturated rings. The van der Waals surface area contributed by atoms with E-state index in [0.29, 0.717) is 0 Å². The van der Waals surface area contributed by atoms with Gasteiger partial charge in [0.25, 0.3) is 0 Å². The summed E-state index contributed by atoms with van der Waals surface area (Å²) in [5, 5.41) is 5.55. The molecule has 0 amide bonds. The highest BCUT2D eigenvalue weighted by atomic mass is 16.3. The molecule has 0 aliphatic heterocycles. The normalized spacial score (nSPS) is 12.1. The number of allylic oxidation sites excluding steroid dienone is 4. The number of rotatable bonds is 2. The second-order valence-corrected chi connectivity index (χ2v) is 8.49. The fourth-order valence-corrected chi connectivity index (χ4v) is 4.33. The van der Waals surface area contributed by atoms with Crippen LogP contribution in [0.1, 0.15) is 33.5 Å². The first-order valence-electron chi connectivity index (χ1n) is 12.0. The van der Waals surface area contributed by atoms with Crippen molar-refractivity contribution >= 4 is 49.2 Å². The van der Waals surface area contributed by atoms with Crippen molar-refractivity contribution < 1.29 is 4.42 Å². The van der Waals surface area contributed by atoms with Gasteiger partial charge in [0.15, 0.2) is 5.82 Å². The molecule has 0 aliphatic carbocycles. The Hall–Kier alpha value is -4.24. The molecular weight excluding hydrogens is 428 g/mol. The van der Waals surface area contributed by atoms with Crippen LogP contribution in [0.3, 0.4) is 0 Å². The maximum absolute atomic E-state index is 6.28. The monoisotopic (exact) mass is 456 g/mol. The lowest BCUT2D eigenvalue weighted by molar-refractivity contribution is 0.672. The average Bonchev–Trinajstić information content (AvgIpc) is 3.31. The largest absolute Gasteiger partial charge is 0.455 e. The van der Waals surface area contributed by atoms with Crippen molar-refractivity contribution in [2.24, 2.45) is 0 Å². The fourth-order valence-electron chi connectivity index (χ4n) is 4.33. The van der Waals surface area contributed by atoms with Gasteiger partial charge in [0.2, 0.25) is 0 Å². The molecule has 0 bridgehead atoms. The van der Waals surface area contributed by atoms with Gasteiger partial charge < -0.3 is 4.42 Å². The summed E-state index contributed by atoms with van der Waals surface area (Å²) >= 11 is 0. The Bertz CT molecular complexity index is 1730. The van der Waals surface area contributed by atoms with Crippen molar-refractivity contribution in [1.82, 2.24) is 9.97 Å². The Balaban J connectivity index is 0.000000591. The van der Waals surface area contributed by atoms with Crippen LogP contribution in [0.25, 0.3) is 60.4 Å². The van der Waals surface area contributed by atoms with Crippen LogP contribution >= 0.6 is 0 Å². The summed E-state index contributed by atoms with van der Waals surface area (Å²) in [4.78, 5) is 9.80. The van der Waals surface area contributed by atoms with Gasteiger partial charge >= 0.3 is 0 Å². The minimum absolute atomic E-state index is 0.762. The van der Waals surface area contributed by atoms with E-state index in [1.807, 2.05) is 57.2 Å². The summed E-state index contributed by atoms with van der Waals surface area (Å²) in [5.74, 6) is 0.762. The summed E-state index contributed by atoms with van der Waals surface area (Å²) in [6.07, 6.45) is 6.05. The van der Waals surface area contributed by atoms with E-state index in [-0.39, 0.29) is 0 Å². The Morgan fingerprint density at radius 3 is 2.09 bits per heavy atom. The van der Waals surface area contributed by atoms with Crippen LogP contribution in [0, 0.1) is 0 Å². The Labute approximate surface area is 205 Å². The summed E-state index contributed by atoms with van der Waals surface area (Å²) < 4.78 is 6.28. The molecule has 0 unspecified atom stereocenters. The predicted octanol–water partition coefficient (Wildman–Crippen LogP) is 9.35. The zero-order valence-electron chi connectivity index (χ0n) is 20.5. The van der Waals surface area contributed by atoms with Gasteiger partial charge in [0.05, 0.1) is 11.2 Å². The van der Waals surface area contributed by atoms with Gasteiger partial charge in [-0.3, -0.25) is 0 Å². The average molecular weight is 457 g/mol. The lowest BCUT2D eigenvalue weighted by Crippen LogP contribution is -1.97. The first-order valence-corrected chi connectivity index (χ1v) is 12.0. The van der Waals surface area contributed by atoms with Gasteiger partial charge in [-0.2, -0.15) is 0 Å². The second kappa shape index (κ2) is 9.55. The molecule has 3 nitrogen and oxygen atoms in total. The van der Waals surface area contributed by atoms with Crippen molar-refractivity contribution in [1.29, 1.82) is 0 Å². The van der Waals surface area contributed by atoms with Crippen molar-refractivity contribution in [3.8, 4) is 11.3 Å². The van der Waals surface area contributed by atoms with Crippen LogP contribution in [-0.2, 0) is 0 Å². The number of aromatic nitrogens is 2. The molecule has 4 aromatic carbocycles. The van der Waals surface area contributed by atoms with E-state index in [1.165, 1.54) is 0 Å². The molecule has 6 aromatic rings. The molecule has 6 rings (SSSR count). The number of hydrogen-bond donors (Lipinski definition) is 0. The molecule has 2 heterocycles. The Kier molecular flexibility index (Phi) is 6.15. The third kappa shape index (κ3) is 4.00. The quantitative estimate of drug-likeness (QED) is 0.244.